The number of carbonyl (C=O) groups excluding carboxylic acids is 2. The third-order valence-corrected chi connectivity index (χ3v) is 8.34. The Bertz CT molecular complexity index is 1430. The lowest BCUT2D eigenvalue weighted by atomic mass is 10.1. The van der Waals surface area contributed by atoms with Gasteiger partial charge in [-0.05, 0) is 61.7 Å². The van der Waals surface area contributed by atoms with Crippen LogP contribution in [0.3, 0.4) is 0 Å². The van der Waals surface area contributed by atoms with Crippen molar-refractivity contribution in [3.05, 3.63) is 88.9 Å². The largest absolute Gasteiger partial charge is 0.495 e. The Morgan fingerprint density at radius 1 is 0.975 bits per heavy atom. The van der Waals surface area contributed by atoms with Gasteiger partial charge in [-0.2, -0.15) is 0 Å². The van der Waals surface area contributed by atoms with Crippen LogP contribution < -0.4 is 14.4 Å². The Morgan fingerprint density at radius 3 is 2.27 bits per heavy atom. The number of sulfonamides is 1. The molecule has 0 aliphatic carbocycles. The number of methoxy groups -OCH3 is 1. The first-order valence-corrected chi connectivity index (χ1v) is 14.8. The zero-order valence-corrected chi connectivity index (χ0v) is 25.0. The summed E-state index contributed by atoms with van der Waals surface area (Å²) in [5.74, 6) is -0.396. The third-order valence-electron chi connectivity index (χ3n) is 6.34. The summed E-state index contributed by atoms with van der Waals surface area (Å²) in [6.07, 6.45) is 0. The molecule has 1 N–H and O–H groups in total. The minimum Gasteiger partial charge on any atom is -0.495 e. The van der Waals surface area contributed by atoms with Crippen molar-refractivity contribution in [2.45, 2.75) is 45.2 Å². The van der Waals surface area contributed by atoms with Crippen molar-refractivity contribution in [2.75, 3.05) is 24.5 Å². The number of hydrogen-bond donors (Lipinski definition) is 1. The molecule has 10 heteroatoms. The maximum absolute atomic E-state index is 14.0. The van der Waals surface area contributed by atoms with Crippen LogP contribution in [0.15, 0.2) is 77.7 Å². The van der Waals surface area contributed by atoms with Crippen molar-refractivity contribution >= 4 is 39.1 Å². The molecule has 3 aromatic rings. The first-order chi connectivity index (χ1) is 18.9. The lowest BCUT2D eigenvalue weighted by Gasteiger charge is -2.32. The van der Waals surface area contributed by atoms with Crippen molar-refractivity contribution in [1.29, 1.82) is 0 Å². The van der Waals surface area contributed by atoms with Crippen LogP contribution in [0.2, 0.25) is 5.02 Å². The molecule has 214 valence electrons. The summed E-state index contributed by atoms with van der Waals surface area (Å²) >= 11 is 6.19. The molecule has 0 saturated heterocycles. The van der Waals surface area contributed by atoms with Crippen LogP contribution in [0.4, 0.5) is 5.69 Å². The number of nitrogens with zero attached hydrogens (tertiary/aromatic N) is 2. The molecule has 0 unspecified atom stereocenters. The number of nitrogens with one attached hydrogen (secondary N) is 1. The van der Waals surface area contributed by atoms with Crippen LogP contribution in [0.5, 0.6) is 5.75 Å². The molecule has 8 nitrogen and oxygen atoms in total. The Morgan fingerprint density at radius 2 is 1.65 bits per heavy atom. The molecule has 0 spiro atoms. The fourth-order valence-corrected chi connectivity index (χ4v) is 5.69. The molecule has 0 aromatic heterocycles. The van der Waals surface area contributed by atoms with Crippen LogP contribution in [-0.4, -0.2) is 51.4 Å². The zero-order chi connectivity index (χ0) is 29.4. The molecule has 0 bridgehead atoms. The van der Waals surface area contributed by atoms with Gasteiger partial charge in [0.15, 0.2) is 0 Å². The van der Waals surface area contributed by atoms with Gasteiger partial charge < -0.3 is 15.0 Å². The number of amides is 2. The molecule has 0 heterocycles. The molecule has 40 heavy (non-hydrogen) atoms. The minimum absolute atomic E-state index is 0.0286. The number of halogens is 1. The molecule has 0 fully saturated rings. The predicted molar refractivity (Wildman–Crippen MR) is 158 cm³/mol. The molecular formula is C30H36ClN3O5S. The van der Waals surface area contributed by atoms with Gasteiger partial charge in [0.2, 0.25) is 11.8 Å². The van der Waals surface area contributed by atoms with Crippen molar-refractivity contribution in [2.24, 2.45) is 5.92 Å². The normalized spacial score (nSPS) is 12.1. The molecule has 2 amide bonds. The lowest BCUT2D eigenvalue weighted by molar-refractivity contribution is -0.139. The summed E-state index contributed by atoms with van der Waals surface area (Å²) in [7, 11) is -2.76. The highest BCUT2D eigenvalue weighted by molar-refractivity contribution is 7.92. The molecule has 3 rings (SSSR count). The van der Waals surface area contributed by atoms with Crippen LogP contribution >= 0.6 is 11.6 Å². The van der Waals surface area contributed by atoms with Gasteiger partial charge in [0.1, 0.15) is 18.3 Å². The van der Waals surface area contributed by atoms with E-state index < -0.39 is 28.5 Å². The molecule has 0 aliphatic rings. The van der Waals surface area contributed by atoms with Gasteiger partial charge in [0, 0.05) is 18.1 Å². The van der Waals surface area contributed by atoms with E-state index in [1.54, 1.807) is 67.6 Å². The van der Waals surface area contributed by atoms with Gasteiger partial charge in [-0.3, -0.25) is 13.9 Å². The number of aryl methyl sites for hydroxylation is 1. The number of hydrogen-bond acceptors (Lipinski definition) is 5. The van der Waals surface area contributed by atoms with Crippen molar-refractivity contribution in [3.8, 4) is 5.75 Å². The van der Waals surface area contributed by atoms with E-state index in [0.29, 0.717) is 17.1 Å². The SMILES string of the molecule is COc1ccccc1N(CC(=O)N(Cc1cccc(Cl)c1)[C@H](C)C(=O)NCC(C)C)S(=O)(=O)c1ccc(C)cc1. The maximum atomic E-state index is 14.0. The van der Waals surface area contributed by atoms with Gasteiger partial charge in [-0.25, -0.2) is 8.42 Å². The van der Waals surface area contributed by atoms with Crippen LogP contribution in [0, 0.1) is 12.8 Å². The van der Waals surface area contributed by atoms with E-state index in [1.165, 1.54) is 24.1 Å². The van der Waals surface area contributed by atoms with Crippen molar-refractivity contribution in [3.63, 3.8) is 0 Å². The number of para-hydroxylation sites is 2. The fraction of sp³-hybridized carbons (Fsp3) is 0.333. The lowest BCUT2D eigenvalue weighted by Crippen LogP contribution is -2.51. The van der Waals surface area contributed by atoms with Gasteiger partial charge >= 0.3 is 0 Å². The number of ether oxygens (including phenoxy) is 1. The average Bonchev–Trinajstić information content (AvgIpc) is 2.93. The zero-order valence-electron chi connectivity index (χ0n) is 23.4. The van der Waals surface area contributed by atoms with E-state index in [9.17, 15) is 18.0 Å². The second-order valence-electron chi connectivity index (χ2n) is 9.96. The summed E-state index contributed by atoms with van der Waals surface area (Å²) in [5.41, 5.74) is 1.81. The highest BCUT2D eigenvalue weighted by atomic mass is 35.5. The van der Waals surface area contributed by atoms with Crippen molar-refractivity contribution < 1.29 is 22.7 Å². The topological polar surface area (TPSA) is 96.0 Å². The minimum atomic E-state index is -4.19. The standard InChI is InChI=1S/C30H36ClN3O5S/c1-21(2)18-32-30(36)23(4)33(19-24-9-8-10-25(31)17-24)29(35)20-34(27-11-6-7-12-28(27)39-5)40(37,38)26-15-13-22(3)14-16-26/h6-17,21,23H,18-20H2,1-5H3,(H,32,36)/t23-/m1/s1. The molecule has 1 atom stereocenters. The third kappa shape index (κ3) is 7.76. The fourth-order valence-electron chi connectivity index (χ4n) is 4.05. The first kappa shape index (κ1) is 31.0. The molecule has 3 aromatic carbocycles. The second kappa shape index (κ2) is 13.7. The second-order valence-corrected chi connectivity index (χ2v) is 12.3. The van der Waals surface area contributed by atoms with E-state index in [0.717, 1.165) is 9.87 Å². The molecule has 0 radical (unpaired) electrons. The summed E-state index contributed by atoms with van der Waals surface area (Å²) in [6.45, 7) is 7.37. The van der Waals surface area contributed by atoms with E-state index >= 15 is 0 Å². The summed E-state index contributed by atoms with van der Waals surface area (Å²) in [4.78, 5) is 28.5. The first-order valence-electron chi connectivity index (χ1n) is 13.0. The predicted octanol–water partition coefficient (Wildman–Crippen LogP) is 5.04. The summed E-state index contributed by atoms with van der Waals surface area (Å²) < 4.78 is 34.4. The smallest absolute Gasteiger partial charge is 0.264 e. The maximum Gasteiger partial charge on any atom is 0.264 e. The molecular weight excluding hydrogens is 550 g/mol. The van der Waals surface area contributed by atoms with Crippen molar-refractivity contribution in [1.82, 2.24) is 10.2 Å². The Balaban J connectivity index is 2.05. The van der Waals surface area contributed by atoms with Crippen LogP contribution in [0.1, 0.15) is 31.9 Å². The number of benzene rings is 3. The Kier molecular flexibility index (Phi) is 10.6. The molecule has 0 saturated carbocycles. The average molecular weight is 586 g/mol. The Labute approximate surface area is 241 Å². The number of carbonyl (C=O) groups is 2. The highest BCUT2D eigenvalue weighted by Gasteiger charge is 2.33. The van der Waals surface area contributed by atoms with Gasteiger partial charge in [-0.1, -0.05) is 67.4 Å². The number of anilines is 1. The van der Waals surface area contributed by atoms with Crippen LogP contribution in [-0.2, 0) is 26.2 Å². The van der Waals surface area contributed by atoms with E-state index in [-0.39, 0.29) is 34.7 Å². The summed E-state index contributed by atoms with van der Waals surface area (Å²) in [6, 6.07) is 19.1. The highest BCUT2D eigenvalue weighted by Crippen LogP contribution is 2.32. The van der Waals surface area contributed by atoms with E-state index in [4.69, 9.17) is 16.3 Å². The van der Waals surface area contributed by atoms with Gasteiger partial charge in [0.25, 0.3) is 10.0 Å². The number of rotatable bonds is 12. The quantitative estimate of drug-likeness (QED) is 0.321. The van der Waals surface area contributed by atoms with Crippen LogP contribution in [0.25, 0.3) is 0 Å². The van der Waals surface area contributed by atoms with Gasteiger partial charge in [0.05, 0.1) is 17.7 Å². The van der Waals surface area contributed by atoms with Gasteiger partial charge in [-0.15, -0.1) is 0 Å². The van der Waals surface area contributed by atoms with E-state index in [1.807, 2.05) is 20.8 Å². The van der Waals surface area contributed by atoms with E-state index in [2.05, 4.69) is 5.32 Å². The molecule has 0 aliphatic heterocycles. The monoisotopic (exact) mass is 585 g/mol. The Hall–Kier alpha value is -3.56. The summed E-state index contributed by atoms with van der Waals surface area (Å²) in [5, 5.41) is 3.35.